The number of hydrogen-bond acceptors (Lipinski definition) is 8. The Morgan fingerprint density at radius 1 is 1.16 bits per heavy atom. The van der Waals surface area contributed by atoms with Gasteiger partial charge in [-0.1, -0.05) is 32.0 Å². The van der Waals surface area contributed by atoms with Crippen LogP contribution in [0.25, 0.3) is 0 Å². The van der Waals surface area contributed by atoms with Gasteiger partial charge in [0.1, 0.15) is 18.1 Å². The van der Waals surface area contributed by atoms with Gasteiger partial charge in [0, 0.05) is 51.2 Å². The molecule has 0 saturated carbocycles. The molecular weight excluding hydrogens is 560 g/mol. The average molecular weight is 611 g/mol. The van der Waals surface area contributed by atoms with Crippen molar-refractivity contribution in [2.24, 2.45) is 11.1 Å². The molecule has 242 valence electrons. The van der Waals surface area contributed by atoms with E-state index >= 15 is 0 Å². The summed E-state index contributed by atoms with van der Waals surface area (Å²) in [6, 6.07) is 13.4. The van der Waals surface area contributed by atoms with Crippen LogP contribution in [0, 0.1) is 5.41 Å². The minimum Gasteiger partial charge on any atom is -0.497 e. The Bertz CT molecular complexity index is 1250. The molecule has 4 atom stereocenters. The maximum absolute atomic E-state index is 13.5. The molecule has 10 nitrogen and oxygen atoms in total. The molecule has 0 bridgehead atoms. The van der Waals surface area contributed by atoms with Gasteiger partial charge in [0.25, 0.3) is 0 Å². The number of carbonyl (C=O) groups is 2. The summed E-state index contributed by atoms with van der Waals surface area (Å²) in [4.78, 5) is 30.4. The molecule has 2 aliphatic heterocycles. The third-order valence-corrected chi connectivity index (χ3v) is 8.82. The summed E-state index contributed by atoms with van der Waals surface area (Å²) in [6.45, 7) is 9.39. The Balaban J connectivity index is 1.61. The Kier molecular flexibility index (Phi) is 11.5. The lowest BCUT2D eigenvalue weighted by atomic mass is 9.76. The topological polar surface area (TPSA) is 116 Å². The van der Waals surface area contributed by atoms with Crippen molar-refractivity contribution in [3.05, 3.63) is 53.6 Å². The second-order valence-corrected chi connectivity index (χ2v) is 12.5. The highest BCUT2D eigenvalue weighted by atomic mass is 16.5. The molecule has 0 radical (unpaired) electrons. The lowest BCUT2D eigenvalue weighted by Crippen LogP contribution is -2.57. The minimum atomic E-state index is -0.672. The molecule has 0 spiro atoms. The van der Waals surface area contributed by atoms with Crippen LogP contribution in [0.5, 0.6) is 11.5 Å². The van der Waals surface area contributed by atoms with Gasteiger partial charge in [0.2, 0.25) is 11.8 Å². The zero-order valence-electron chi connectivity index (χ0n) is 27.1. The van der Waals surface area contributed by atoms with Crippen LogP contribution in [0.4, 0.5) is 5.69 Å². The second-order valence-electron chi connectivity index (χ2n) is 12.5. The molecule has 44 heavy (non-hydrogen) atoms. The number of carbonyl (C=O) groups excluding carboxylic acids is 2. The van der Waals surface area contributed by atoms with Gasteiger partial charge >= 0.3 is 0 Å². The van der Waals surface area contributed by atoms with Crippen molar-refractivity contribution < 1.29 is 28.5 Å². The van der Waals surface area contributed by atoms with Gasteiger partial charge in [0.15, 0.2) is 0 Å². The maximum Gasteiger partial charge on any atom is 0.239 e. The van der Waals surface area contributed by atoms with Gasteiger partial charge in [-0.2, -0.15) is 0 Å². The number of anilines is 1. The van der Waals surface area contributed by atoms with Crippen LogP contribution in [0.3, 0.4) is 0 Å². The molecule has 2 aliphatic rings. The van der Waals surface area contributed by atoms with E-state index in [4.69, 9.17) is 24.7 Å². The van der Waals surface area contributed by atoms with Gasteiger partial charge < -0.3 is 39.8 Å². The van der Waals surface area contributed by atoms with Crippen molar-refractivity contribution in [3.63, 3.8) is 0 Å². The fourth-order valence-electron chi connectivity index (χ4n) is 6.40. The Hall–Kier alpha value is -3.34. The number of nitrogens with zero attached hydrogens (tertiary/aromatic N) is 2. The normalized spacial score (nSPS) is 20.8. The second kappa shape index (κ2) is 15.1. The zero-order chi connectivity index (χ0) is 31.9. The third-order valence-electron chi connectivity index (χ3n) is 8.82. The first-order valence-electron chi connectivity index (χ1n) is 15.6. The largest absolute Gasteiger partial charge is 0.497 e. The van der Waals surface area contributed by atoms with E-state index in [2.05, 4.69) is 28.4 Å². The number of piperidine rings is 1. The summed E-state index contributed by atoms with van der Waals surface area (Å²) in [6.07, 6.45) is 1.80. The van der Waals surface area contributed by atoms with E-state index in [0.29, 0.717) is 39.2 Å². The summed E-state index contributed by atoms with van der Waals surface area (Å²) in [5, 5.41) is 2.78. The molecule has 1 saturated heterocycles. The highest BCUT2D eigenvalue weighted by Gasteiger charge is 2.43. The summed E-state index contributed by atoms with van der Waals surface area (Å²) in [7, 11) is 5.02. The highest BCUT2D eigenvalue weighted by Crippen LogP contribution is 2.40. The molecule has 0 unspecified atom stereocenters. The van der Waals surface area contributed by atoms with Gasteiger partial charge in [-0.05, 0) is 61.6 Å². The van der Waals surface area contributed by atoms with Crippen molar-refractivity contribution in [1.82, 2.24) is 10.2 Å². The molecule has 1 fully saturated rings. The first-order chi connectivity index (χ1) is 21.1. The molecule has 4 rings (SSSR count). The van der Waals surface area contributed by atoms with Gasteiger partial charge in [-0.25, -0.2) is 0 Å². The number of amides is 2. The number of nitrogens with one attached hydrogen (secondary N) is 1. The number of fused-ring (bicyclic) bond motifs is 1. The number of ether oxygens (including phenoxy) is 4. The molecule has 2 aromatic rings. The first kappa shape index (κ1) is 33.6. The van der Waals surface area contributed by atoms with E-state index in [9.17, 15) is 9.59 Å². The number of likely N-dealkylation sites (tertiary alicyclic amines) is 1. The number of nitrogens with two attached hydrogens (primary N) is 1. The van der Waals surface area contributed by atoms with Crippen molar-refractivity contribution in [1.29, 1.82) is 0 Å². The average Bonchev–Trinajstić information content (AvgIpc) is 3.03. The fraction of sp³-hybridized carbons (Fsp3) is 0.588. The van der Waals surface area contributed by atoms with Crippen LogP contribution in [-0.2, 0) is 25.7 Å². The molecule has 2 amide bonds. The Morgan fingerprint density at radius 3 is 2.57 bits per heavy atom. The lowest BCUT2D eigenvalue weighted by Gasteiger charge is -2.46. The van der Waals surface area contributed by atoms with E-state index in [0.717, 1.165) is 47.8 Å². The molecule has 0 aliphatic carbocycles. The summed E-state index contributed by atoms with van der Waals surface area (Å²) in [5.41, 5.74) is 8.67. The number of hydrogen-bond donors (Lipinski definition) is 2. The van der Waals surface area contributed by atoms with Crippen LogP contribution < -0.4 is 25.4 Å². The van der Waals surface area contributed by atoms with Gasteiger partial charge in [-0.3, -0.25) is 9.59 Å². The number of benzene rings is 2. The molecule has 3 N–H and O–H groups in total. The SMILES string of the molecule is CNC(=O)C(C)(C)C[C@@H]1C[C@H](c2ccc(OC)cc2)[C@@H](OCc2ccc3c(c2)N(CCCOC)CCO3)CN1C(=O)[C@H](C)N. The van der Waals surface area contributed by atoms with E-state index < -0.39 is 11.5 Å². The van der Waals surface area contributed by atoms with Crippen molar-refractivity contribution in [2.75, 3.05) is 59.0 Å². The molecular formula is C34H50N4O6. The van der Waals surface area contributed by atoms with E-state index in [1.54, 1.807) is 28.2 Å². The number of methoxy groups -OCH3 is 2. The Morgan fingerprint density at radius 2 is 1.91 bits per heavy atom. The maximum atomic E-state index is 13.5. The third kappa shape index (κ3) is 8.02. The molecule has 2 heterocycles. The number of rotatable bonds is 13. The predicted octanol–water partition coefficient (Wildman–Crippen LogP) is 3.71. The van der Waals surface area contributed by atoms with E-state index in [1.165, 1.54) is 0 Å². The van der Waals surface area contributed by atoms with Crippen molar-refractivity contribution in [2.45, 2.75) is 70.7 Å². The van der Waals surface area contributed by atoms with Crippen LogP contribution in [0.15, 0.2) is 42.5 Å². The monoisotopic (exact) mass is 610 g/mol. The van der Waals surface area contributed by atoms with E-state index in [-0.39, 0.29) is 29.9 Å². The molecule has 0 aromatic heterocycles. The van der Waals surface area contributed by atoms with Crippen molar-refractivity contribution >= 4 is 17.5 Å². The highest BCUT2D eigenvalue weighted by molar-refractivity contribution is 5.83. The minimum absolute atomic E-state index is 0.00460. The predicted molar refractivity (Wildman–Crippen MR) is 171 cm³/mol. The molecule has 2 aromatic carbocycles. The lowest BCUT2D eigenvalue weighted by molar-refractivity contribution is -0.145. The fourth-order valence-corrected chi connectivity index (χ4v) is 6.40. The quantitative estimate of drug-likeness (QED) is 0.330. The van der Waals surface area contributed by atoms with Gasteiger partial charge in [-0.15, -0.1) is 0 Å². The first-order valence-corrected chi connectivity index (χ1v) is 15.6. The summed E-state index contributed by atoms with van der Waals surface area (Å²) >= 11 is 0. The summed E-state index contributed by atoms with van der Waals surface area (Å²) in [5.74, 6) is 1.45. The van der Waals surface area contributed by atoms with Crippen LogP contribution in [-0.4, -0.2) is 89.0 Å². The smallest absolute Gasteiger partial charge is 0.239 e. The molecule has 10 heteroatoms. The van der Waals surface area contributed by atoms with E-state index in [1.807, 2.05) is 43.0 Å². The van der Waals surface area contributed by atoms with Crippen LogP contribution in [0.2, 0.25) is 0 Å². The van der Waals surface area contributed by atoms with Crippen LogP contribution >= 0.6 is 0 Å². The Labute approximate surface area is 262 Å². The zero-order valence-corrected chi connectivity index (χ0v) is 27.1. The van der Waals surface area contributed by atoms with Crippen LogP contribution in [0.1, 0.15) is 57.1 Å². The summed E-state index contributed by atoms with van der Waals surface area (Å²) < 4.78 is 23.3. The standard InChI is InChI=1S/C34H50N4O6/c1-23(35)32(39)38-21-31(44-22-24-8-13-30-29(18-24)37(15-17-43-30)14-7-16-41-5)28(25-9-11-27(42-6)12-10-25)19-26(38)20-34(2,3)33(40)36-4/h8-13,18,23,26,28,31H,7,14-17,19-22,35H2,1-6H3,(H,36,40)/t23-,26-,28+,31-/m0/s1. The van der Waals surface area contributed by atoms with Crippen molar-refractivity contribution in [3.8, 4) is 11.5 Å². The van der Waals surface area contributed by atoms with Gasteiger partial charge in [0.05, 0.1) is 38.1 Å².